The largest absolute Gasteiger partial charge is 0.454 e. The average Bonchev–Trinajstić information content (AvgIpc) is 3.39. The number of rotatable bonds is 7. The van der Waals surface area contributed by atoms with Gasteiger partial charge in [0.15, 0.2) is 18.7 Å². The van der Waals surface area contributed by atoms with Gasteiger partial charge in [0.2, 0.25) is 0 Å². The van der Waals surface area contributed by atoms with Gasteiger partial charge in [0, 0.05) is 18.4 Å². The van der Waals surface area contributed by atoms with Crippen molar-refractivity contribution < 1.29 is 63.5 Å². The van der Waals surface area contributed by atoms with E-state index < -0.39 is 85.7 Å². The van der Waals surface area contributed by atoms with Crippen LogP contribution in [0, 0.1) is 22.7 Å². The Kier molecular flexibility index (Phi) is 10.3. The Morgan fingerprint density at radius 3 is 2.35 bits per heavy atom. The first-order chi connectivity index (χ1) is 24.6. The molecule has 0 amide bonds. The number of carbonyl (C=O) groups excluding carboxylic acids is 1. The van der Waals surface area contributed by atoms with Gasteiger partial charge in [0.05, 0.1) is 30.7 Å². The molecule has 14 heteroatoms. The Morgan fingerprint density at radius 1 is 0.885 bits per heavy atom. The summed E-state index contributed by atoms with van der Waals surface area (Å²) in [5, 5.41) is 64.5. The fourth-order valence-corrected chi connectivity index (χ4v) is 11.0. The first-order valence-electron chi connectivity index (χ1n) is 18.8. The van der Waals surface area contributed by atoms with E-state index >= 15 is 0 Å². The predicted octanol–water partition coefficient (Wildman–Crippen LogP) is 1.41. The lowest BCUT2D eigenvalue weighted by Crippen LogP contribution is -2.64. The topological polar surface area (TPSA) is 215 Å². The zero-order valence-electron chi connectivity index (χ0n) is 30.2. The molecule has 290 valence electrons. The summed E-state index contributed by atoms with van der Waals surface area (Å²) in [6.45, 7) is 6.70. The van der Waals surface area contributed by atoms with Gasteiger partial charge in [-0.15, -0.1) is 0 Å². The fourth-order valence-electron chi connectivity index (χ4n) is 11.0. The fraction of sp³-hybridized carbons (Fsp3) is 0.789. The molecule has 1 aromatic heterocycles. The van der Waals surface area contributed by atoms with Crippen molar-refractivity contribution in [2.24, 2.45) is 22.7 Å². The zero-order valence-corrected chi connectivity index (χ0v) is 30.2. The molecule has 3 saturated carbocycles. The van der Waals surface area contributed by atoms with Gasteiger partial charge in [0.25, 0.3) is 0 Å². The minimum absolute atomic E-state index is 0.109. The first kappa shape index (κ1) is 38.1. The molecular weight excluding hydrogens is 680 g/mol. The van der Waals surface area contributed by atoms with Gasteiger partial charge in [-0.3, -0.25) is 4.79 Å². The maximum Gasteiger partial charge on any atom is 0.335 e. The molecule has 52 heavy (non-hydrogen) atoms. The highest BCUT2D eigenvalue weighted by Gasteiger charge is 2.67. The van der Waals surface area contributed by atoms with Crippen LogP contribution in [0.4, 0.5) is 0 Å². The van der Waals surface area contributed by atoms with Crippen molar-refractivity contribution in [3.63, 3.8) is 0 Å². The van der Waals surface area contributed by atoms with Crippen LogP contribution in [0.5, 0.6) is 0 Å². The SMILES string of the molecule is CC(=O)OC1C(OC2C=C3CCC4C(CCC5(C)C(c6ccc(=O)oc6)CCC45O)C3(C)CC2)OC(C)C(OC2OC(CO)C(O)C(O)C2O)C1O. The lowest BCUT2D eigenvalue weighted by Gasteiger charge is -2.62. The summed E-state index contributed by atoms with van der Waals surface area (Å²) in [7, 11) is 0. The summed E-state index contributed by atoms with van der Waals surface area (Å²) in [4.78, 5) is 23.9. The minimum Gasteiger partial charge on any atom is -0.454 e. The van der Waals surface area contributed by atoms with Crippen LogP contribution in [0.3, 0.4) is 0 Å². The first-order valence-corrected chi connectivity index (χ1v) is 18.8. The van der Waals surface area contributed by atoms with E-state index in [1.54, 1.807) is 13.2 Å². The second-order valence-electron chi connectivity index (χ2n) is 16.5. The van der Waals surface area contributed by atoms with Gasteiger partial charge >= 0.3 is 11.6 Å². The summed E-state index contributed by atoms with van der Waals surface area (Å²) in [6, 6.07) is 3.31. The van der Waals surface area contributed by atoms with Crippen molar-refractivity contribution in [3.8, 4) is 0 Å². The molecule has 2 saturated heterocycles. The lowest BCUT2D eigenvalue weighted by atomic mass is 9.45. The Balaban J connectivity index is 1.05. The number of hydrogen-bond acceptors (Lipinski definition) is 14. The molecule has 4 aliphatic carbocycles. The highest BCUT2D eigenvalue weighted by Crippen LogP contribution is 2.70. The number of esters is 1. The second kappa shape index (κ2) is 14.1. The van der Waals surface area contributed by atoms with Gasteiger partial charge in [-0.1, -0.05) is 25.5 Å². The van der Waals surface area contributed by atoms with Crippen molar-refractivity contribution in [2.75, 3.05) is 6.61 Å². The average molecular weight is 735 g/mol. The Morgan fingerprint density at radius 2 is 1.65 bits per heavy atom. The molecule has 1 aromatic rings. The molecule has 14 nitrogen and oxygen atoms in total. The number of aliphatic hydroxyl groups excluding tert-OH is 5. The monoisotopic (exact) mass is 734 g/mol. The van der Waals surface area contributed by atoms with Gasteiger partial charge in [-0.05, 0) is 93.1 Å². The van der Waals surface area contributed by atoms with Crippen LogP contribution >= 0.6 is 0 Å². The number of ether oxygens (including phenoxy) is 5. The summed E-state index contributed by atoms with van der Waals surface area (Å²) in [6.07, 6.45) is -3.91. The summed E-state index contributed by atoms with van der Waals surface area (Å²) in [5.74, 6) is -0.167. The lowest BCUT2D eigenvalue weighted by molar-refractivity contribution is -0.358. The summed E-state index contributed by atoms with van der Waals surface area (Å²) < 4.78 is 34.7. The van der Waals surface area contributed by atoms with Crippen LogP contribution in [0.1, 0.15) is 90.5 Å². The number of aliphatic hydroxyl groups is 6. The molecule has 6 N–H and O–H groups in total. The maximum absolute atomic E-state index is 12.6. The van der Waals surface area contributed by atoms with E-state index in [2.05, 4.69) is 19.9 Å². The number of allylic oxidation sites excluding steroid dienone is 1. The van der Waals surface area contributed by atoms with E-state index in [4.69, 9.17) is 28.1 Å². The third-order valence-corrected chi connectivity index (χ3v) is 13.9. The van der Waals surface area contributed by atoms with Crippen molar-refractivity contribution in [3.05, 3.63) is 46.0 Å². The van der Waals surface area contributed by atoms with Crippen LogP contribution in [-0.2, 0) is 28.5 Å². The van der Waals surface area contributed by atoms with Crippen molar-refractivity contribution >= 4 is 5.97 Å². The molecule has 0 radical (unpaired) electrons. The van der Waals surface area contributed by atoms with Crippen LogP contribution in [0.15, 0.2) is 39.3 Å². The molecule has 7 rings (SSSR count). The predicted molar refractivity (Wildman–Crippen MR) is 180 cm³/mol. The van der Waals surface area contributed by atoms with E-state index in [0.717, 1.165) is 44.1 Å². The number of hydrogen-bond donors (Lipinski definition) is 6. The highest BCUT2D eigenvalue weighted by atomic mass is 16.7. The standard InChI is InChI=1S/C38H54O14/c1-18-32(52-34-30(44)29(43)28(42)26(16-39)51-34)31(45)33(49-19(2)40)35(48-18)50-22-9-12-36(3)21(15-22)6-7-25-24(36)10-13-37(4)23(11-14-38(25,37)46)20-5-8-27(41)47-17-20/h5,8,15,17-18,22-26,28-35,39,42-46H,6-7,9-14,16H2,1-4H3. The molecule has 6 aliphatic rings. The number of fused-ring (bicyclic) bond motifs is 5. The highest BCUT2D eigenvalue weighted by molar-refractivity contribution is 5.66. The normalized spacial score (nSPS) is 48.9. The van der Waals surface area contributed by atoms with Gasteiger partial charge < -0.3 is 58.7 Å². The molecule has 5 fully saturated rings. The molecule has 17 unspecified atom stereocenters. The molecule has 0 aromatic carbocycles. The van der Waals surface area contributed by atoms with E-state index in [1.807, 2.05) is 6.07 Å². The third kappa shape index (κ3) is 6.20. The van der Waals surface area contributed by atoms with Crippen LogP contribution in [0.25, 0.3) is 0 Å². The molecule has 17 atom stereocenters. The van der Waals surface area contributed by atoms with Crippen LogP contribution < -0.4 is 5.63 Å². The maximum atomic E-state index is 12.6. The molecule has 0 bridgehead atoms. The summed E-state index contributed by atoms with van der Waals surface area (Å²) in [5.41, 5.74) is 0.549. The molecular formula is C38H54O14. The van der Waals surface area contributed by atoms with Gasteiger partial charge in [-0.2, -0.15) is 0 Å². The minimum atomic E-state index is -1.70. The second-order valence-corrected chi connectivity index (χ2v) is 16.5. The quantitative estimate of drug-likeness (QED) is 0.173. The molecule has 0 spiro atoms. The van der Waals surface area contributed by atoms with Crippen molar-refractivity contribution in [1.82, 2.24) is 0 Å². The van der Waals surface area contributed by atoms with Gasteiger partial charge in [-0.25, -0.2) is 4.79 Å². The Bertz CT molecular complexity index is 1540. The Labute approximate surface area is 302 Å². The molecule has 2 aliphatic heterocycles. The van der Waals surface area contributed by atoms with E-state index in [1.165, 1.54) is 18.6 Å². The van der Waals surface area contributed by atoms with E-state index in [0.29, 0.717) is 12.8 Å². The van der Waals surface area contributed by atoms with Crippen molar-refractivity contribution in [1.29, 1.82) is 0 Å². The van der Waals surface area contributed by atoms with Crippen molar-refractivity contribution in [2.45, 2.75) is 158 Å². The third-order valence-electron chi connectivity index (χ3n) is 13.9. The van der Waals surface area contributed by atoms with Crippen LogP contribution in [-0.4, -0.2) is 116 Å². The number of carbonyl (C=O) groups is 1. The van der Waals surface area contributed by atoms with Gasteiger partial charge in [0.1, 0.15) is 36.6 Å². The Hall–Kier alpha value is -2.24. The van der Waals surface area contributed by atoms with Crippen LogP contribution in [0.2, 0.25) is 0 Å². The molecule has 3 heterocycles. The zero-order chi connectivity index (χ0) is 37.3. The smallest absolute Gasteiger partial charge is 0.335 e. The van der Waals surface area contributed by atoms with E-state index in [9.17, 15) is 40.2 Å². The summed E-state index contributed by atoms with van der Waals surface area (Å²) >= 11 is 0. The van der Waals surface area contributed by atoms with E-state index in [-0.39, 0.29) is 34.2 Å².